The lowest BCUT2D eigenvalue weighted by Gasteiger charge is -2.26. The third-order valence-corrected chi connectivity index (χ3v) is 6.63. The van der Waals surface area contributed by atoms with Crippen LogP contribution in [0.15, 0.2) is 42.5 Å². The van der Waals surface area contributed by atoms with Gasteiger partial charge in [0.2, 0.25) is 5.91 Å². The monoisotopic (exact) mass is 641 g/mol. The van der Waals surface area contributed by atoms with Gasteiger partial charge in [-0.2, -0.15) is 0 Å². The number of urea groups is 1. The number of hydrogen-bond donors (Lipinski definition) is 3. The maximum atomic E-state index is 12.9. The Morgan fingerprint density at radius 2 is 1.37 bits per heavy atom. The van der Waals surface area contributed by atoms with Crippen LogP contribution >= 0.6 is 0 Å². The number of amides is 3. The molecule has 2 aromatic carbocycles. The number of ether oxygens (including phenoxy) is 3. The van der Waals surface area contributed by atoms with Gasteiger partial charge in [-0.25, -0.2) is 14.4 Å². The van der Waals surface area contributed by atoms with E-state index in [2.05, 4.69) is 34.1 Å². The number of aryl methyl sites for hydroxylation is 1. The van der Waals surface area contributed by atoms with Crippen molar-refractivity contribution in [1.29, 1.82) is 0 Å². The van der Waals surface area contributed by atoms with Crippen molar-refractivity contribution in [2.24, 2.45) is 0 Å². The number of esters is 3. The van der Waals surface area contributed by atoms with E-state index in [0.717, 1.165) is 16.3 Å². The fourth-order valence-corrected chi connectivity index (χ4v) is 4.57. The van der Waals surface area contributed by atoms with Crippen LogP contribution in [-0.2, 0) is 39.8 Å². The second kappa shape index (κ2) is 18.1. The van der Waals surface area contributed by atoms with E-state index in [1.807, 2.05) is 24.3 Å². The van der Waals surface area contributed by atoms with Crippen LogP contribution in [-0.4, -0.2) is 66.3 Å². The van der Waals surface area contributed by atoms with Gasteiger partial charge in [0, 0.05) is 19.4 Å². The minimum absolute atomic E-state index is 0.0537. The van der Waals surface area contributed by atoms with Gasteiger partial charge < -0.3 is 30.2 Å². The number of carbonyl (C=O) groups excluding carboxylic acids is 5. The topological polar surface area (TPSA) is 149 Å². The Labute approximate surface area is 272 Å². The lowest BCUT2D eigenvalue weighted by molar-refractivity contribution is -0.158. The Morgan fingerprint density at radius 1 is 0.739 bits per heavy atom. The molecule has 46 heavy (non-hydrogen) atoms. The molecule has 3 amide bonds. The first-order valence-corrected chi connectivity index (χ1v) is 16.0. The fraction of sp³-hybridized carbons (Fsp3) is 0.571. The third kappa shape index (κ3) is 15.2. The van der Waals surface area contributed by atoms with Crippen molar-refractivity contribution in [2.75, 3.05) is 13.2 Å². The fourth-order valence-electron chi connectivity index (χ4n) is 4.57. The van der Waals surface area contributed by atoms with Crippen LogP contribution in [0.5, 0.6) is 0 Å². The Kier molecular flexibility index (Phi) is 15.0. The average Bonchev–Trinajstić information content (AvgIpc) is 2.95. The molecule has 2 aromatic rings. The molecule has 0 unspecified atom stereocenters. The van der Waals surface area contributed by atoms with Crippen molar-refractivity contribution in [1.82, 2.24) is 16.0 Å². The van der Waals surface area contributed by atoms with E-state index in [-0.39, 0.29) is 31.8 Å². The Bertz CT molecular complexity index is 1330. The molecule has 2 atom stereocenters. The maximum Gasteiger partial charge on any atom is 0.329 e. The van der Waals surface area contributed by atoms with E-state index >= 15 is 0 Å². The first-order valence-electron chi connectivity index (χ1n) is 16.0. The summed E-state index contributed by atoms with van der Waals surface area (Å²) in [4.78, 5) is 63.1. The van der Waals surface area contributed by atoms with Gasteiger partial charge in [-0.3, -0.25) is 9.59 Å². The van der Waals surface area contributed by atoms with Crippen molar-refractivity contribution in [2.45, 2.75) is 117 Å². The quantitative estimate of drug-likeness (QED) is 0.130. The predicted molar refractivity (Wildman–Crippen MR) is 176 cm³/mol. The van der Waals surface area contributed by atoms with Gasteiger partial charge >= 0.3 is 23.9 Å². The van der Waals surface area contributed by atoms with Gasteiger partial charge in [0.25, 0.3) is 0 Å². The normalized spacial score (nSPS) is 12.8. The molecule has 0 aliphatic rings. The first kappa shape index (κ1) is 38.0. The van der Waals surface area contributed by atoms with Gasteiger partial charge in [0.15, 0.2) is 0 Å². The van der Waals surface area contributed by atoms with E-state index in [9.17, 15) is 24.0 Å². The standard InChI is InChI=1S/C35H51N3O8/c1-8-44-31(41)27(15-11-12-22-36-29(39)20-17-24-16-18-25-13-9-10-14-26(25)23-24)37-33(43)38-28(32(42)46-35(5,6)7)19-21-30(40)45-34(2,3)4/h9-10,13-14,16,18,23,27-28H,8,11-12,15,17,19-22H2,1-7H3,(H,36,39)(H2,37,38,43)/t27-,28-/m0/s1. The van der Waals surface area contributed by atoms with E-state index in [0.29, 0.717) is 32.2 Å². The molecule has 0 saturated heterocycles. The second-order valence-electron chi connectivity index (χ2n) is 13.2. The molecule has 0 saturated carbocycles. The summed E-state index contributed by atoms with van der Waals surface area (Å²) in [5.41, 5.74) is -0.426. The van der Waals surface area contributed by atoms with Gasteiger partial charge in [0.1, 0.15) is 23.3 Å². The summed E-state index contributed by atoms with van der Waals surface area (Å²) in [6.07, 6.45) is 2.16. The number of unbranched alkanes of at least 4 members (excludes halogenated alkanes) is 1. The molecule has 2 rings (SSSR count). The SMILES string of the molecule is CCOC(=O)[C@H](CCCCNC(=O)CCc1ccc2ccccc2c1)NC(=O)N[C@@H](CCC(=O)OC(C)(C)C)C(=O)OC(C)(C)C. The summed E-state index contributed by atoms with van der Waals surface area (Å²) in [5, 5.41) is 10.3. The van der Waals surface area contributed by atoms with Crippen LogP contribution in [0.4, 0.5) is 4.79 Å². The van der Waals surface area contributed by atoms with Gasteiger partial charge in [-0.1, -0.05) is 42.5 Å². The third-order valence-electron chi connectivity index (χ3n) is 6.63. The Balaban J connectivity index is 1.86. The van der Waals surface area contributed by atoms with Crippen LogP contribution in [0.1, 0.15) is 92.6 Å². The summed E-state index contributed by atoms with van der Waals surface area (Å²) in [6.45, 7) is 12.5. The molecule has 0 fully saturated rings. The highest BCUT2D eigenvalue weighted by Crippen LogP contribution is 2.17. The van der Waals surface area contributed by atoms with Crippen LogP contribution < -0.4 is 16.0 Å². The molecule has 254 valence electrons. The van der Waals surface area contributed by atoms with Gasteiger partial charge in [-0.05, 0) is 96.9 Å². The zero-order valence-corrected chi connectivity index (χ0v) is 28.3. The van der Waals surface area contributed by atoms with E-state index < -0.39 is 47.2 Å². The van der Waals surface area contributed by atoms with Crippen LogP contribution in [0.2, 0.25) is 0 Å². The largest absolute Gasteiger partial charge is 0.464 e. The highest BCUT2D eigenvalue weighted by atomic mass is 16.6. The zero-order valence-electron chi connectivity index (χ0n) is 28.3. The summed E-state index contributed by atoms with van der Waals surface area (Å²) < 4.78 is 15.9. The lowest BCUT2D eigenvalue weighted by Crippen LogP contribution is -2.52. The van der Waals surface area contributed by atoms with Gasteiger partial charge in [-0.15, -0.1) is 0 Å². The molecule has 11 nitrogen and oxygen atoms in total. The van der Waals surface area contributed by atoms with Crippen molar-refractivity contribution < 1.29 is 38.2 Å². The van der Waals surface area contributed by atoms with Crippen LogP contribution in [0, 0.1) is 0 Å². The lowest BCUT2D eigenvalue weighted by atomic mass is 10.0. The first-order chi connectivity index (χ1) is 21.6. The summed E-state index contributed by atoms with van der Waals surface area (Å²) in [7, 11) is 0. The molecule has 0 spiro atoms. The minimum Gasteiger partial charge on any atom is -0.464 e. The number of rotatable bonds is 16. The van der Waals surface area contributed by atoms with E-state index in [1.54, 1.807) is 48.5 Å². The zero-order chi connectivity index (χ0) is 34.3. The average molecular weight is 642 g/mol. The van der Waals surface area contributed by atoms with Crippen molar-refractivity contribution in [3.05, 3.63) is 48.0 Å². The number of carbonyl (C=O) groups is 5. The van der Waals surface area contributed by atoms with E-state index in [4.69, 9.17) is 14.2 Å². The number of nitrogens with one attached hydrogen (secondary N) is 3. The molecular formula is C35H51N3O8. The van der Waals surface area contributed by atoms with Crippen LogP contribution in [0.3, 0.4) is 0 Å². The molecular weight excluding hydrogens is 590 g/mol. The number of hydrogen-bond acceptors (Lipinski definition) is 8. The molecule has 11 heteroatoms. The highest BCUT2D eigenvalue weighted by molar-refractivity contribution is 5.87. The molecule has 0 aliphatic carbocycles. The highest BCUT2D eigenvalue weighted by Gasteiger charge is 2.30. The Hall–Kier alpha value is -4.15. The molecule has 3 N–H and O–H groups in total. The predicted octanol–water partition coefficient (Wildman–Crippen LogP) is 5.12. The molecule has 0 radical (unpaired) electrons. The maximum absolute atomic E-state index is 12.9. The molecule has 0 aromatic heterocycles. The van der Waals surface area contributed by atoms with Crippen LogP contribution in [0.25, 0.3) is 10.8 Å². The minimum atomic E-state index is -1.15. The van der Waals surface area contributed by atoms with Crippen molar-refractivity contribution >= 4 is 40.6 Å². The van der Waals surface area contributed by atoms with Crippen molar-refractivity contribution in [3.63, 3.8) is 0 Å². The molecule has 0 heterocycles. The number of benzene rings is 2. The smallest absolute Gasteiger partial charge is 0.329 e. The summed E-state index contributed by atoms with van der Waals surface area (Å²) in [5.74, 6) is -1.91. The number of fused-ring (bicyclic) bond motifs is 1. The molecule has 0 bridgehead atoms. The Morgan fingerprint density at radius 3 is 2.00 bits per heavy atom. The molecule has 0 aliphatic heterocycles. The van der Waals surface area contributed by atoms with E-state index in [1.165, 1.54) is 0 Å². The summed E-state index contributed by atoms with van der Waals surface area (Å²) >= 11 is 0. The van der Waals surface area contributed by atoms with Gasteiger partial charge in [0.05, 0.1) is 6.61 Å². The summed E-state index contributed by atoms with van der Waals surface area (Å²) in [6, 6.07) is 11.4. The van der Waals surface area contributed by atoms with Crippen molar-refractivity contribution in [3.8, 4) is 0 Å². The second-order valence-corrected chi connectivity index (χ2v) is 13.2.